The number of benzene rings is 1. The van der Waals surface area contributed by atoms with Crippen LogP contribution >= 0.6 is 0 Å². The van der Waals surface area contributed by atoms with Gasteiger partial charge >= 0.3 is 6.18 Å². The van der Waals surface area contributed by atoms with Crippen LogP contribution in [0.2, 0.25) is 0 Å². The van der Waals surface area contributed by atoms with Crippen molar-refractivity contribution < 1.29 is 37.7 Å². The fourth-order valence-electron chi connectivity index (χ4n) is 6.41. The number of hydrogen-bond acceptors (Lipinski definition) is 11. The number of nitrogens with zero attached hydrogens (tertiary/aromatic N) is 6. The average molecular weight is 732 g/mol. The van der Waals surface area contributed by atoms with Crippen LogP contribution in [0.1, 0.15) is 58.6 Å². The Morgan fingerprint density at radius 3 is 2.40 bits per heavy atom. The SMILES string of the molecule is C=CN.C=NC(NN(Cc1cc2c(cc1O)C(C(F)(F)F)C2)C(=O)/C(=C(/CC)NC)N1CCN(C(=O)c2nn(C)c(C)c2O)CC1)C1=CCOCC1. The maximum Gasteiger partial charge on any atom is 0.396 e. The van der Waals surface area contributed by atoms with Gasteiger partial charge in [0.2, 0.25) is 0 Å². The molecule has 1 fully saturated rings. The third-order valence-electron chi connectivity index (χ3n) is 9.45. The molecule has 3 aliphatic rings. The summed E-state index contributed by atoms with van der Waals surface area (Å²) in [6, 6.07) is 2.65. The molecule has 2 amide bonds. The van der Waals surface area contributed by atoms with Crippen LogP contribution < -0.4 is 16.5 Å². The highest BCUT2D eigenvalue weighted by atomic mass is 19.4. The van der Waals surface area contributed by atoms with Crippen molar-refractivity contribution in [2.24, 2.45) is 17.8 Å². The highest BCUT2D eigenvalue weighted by Crippen LogP contribution is 2.48. The molecular formula is C35H48F3N9O5. The number of aromatic nitrogens is 2. The summed E-state index contributed by atoms with van der Waals surface area (Å²) in [5.41, 5.74) is 10.8. The van der Waals surface area contributed by atoms with E-state index < -0.39 is 30.1 Å². The van der Waals surface area contributed by atoms with Crippen molar-refractivity contribution in [3.63, 3.8) is 0 Å². The minimum Gasteiger partial charge on any atom is -0.508 e. The second kappa shape index (κ2) is 17.0. The average Bonchev–Trinajstić information content (AvgIpc) is 3.37. The number of alkyl halides is 3. The molecule has 284 valence electrons. The largest absolute Gasteiger partial charge is 0.508 e. The number of ether oxygens (including phenoxy) is 1. The molecule has 0 radical (unpaired) electrons. The van der Waals surface area contributed by atoms with Crippen LogP contribution in [-0.4, -0.2) is 112 Å². The molecule has 1 aromatic carbocycles. The molecule has 14 nitrogen and oxygen atoms in total. The van der Waals surface area contributed by atoms with E-state index in [1.807, 2.05) is 17.9 Å². The summed E-state index contributed by atoms with van der Waals surface area (Å²) in [6.07, 6.45) is -1.23. The molecule has 1 aromatic heterocycles. The van der Waals surface area contributed by atoms with Gasteiger partial charge in [-0.25, -0.2) is 5.43 Å². The van der Waals surface area contributed by atoms with Crippen molar-refractivity contribution in [3.8, 4) is 11.5 Å². The first-order valence-corrected chi connectivity index (χ1v) is 16.9. The van der Waals surface area contributed by atoms with E-state index in [0.29, 0.717) is 48.7 Å². The molecule has 1 aliphatic carbocycles. The molecule has 2 aromatic rings. The van der Waals surface area contributed by atoms with Crippen LogP contribution in [0.5, 0.6) is 11.5 Å². The smallest absolute Gasteiger partial charge is 0.396 e. The van der Waals surface area contributed by atoms with Crippen LogP contribution in [0.3, 0.4) is 0 Å². The predicted molar refractivity (Wildman–Crippen MR) is 189 cm³/mol. The van der Waals surface area contributed by atoms with E-state index in [2.05, 4.69) is 39.9 Å². The predicted octanol–water partition coefficient (Wildman–Crippen LogP) is 2.94. The van der Waals surface area contributed by atoms with Crippen molar-refractivity contribution in [1.82, 2.24) is 35.3 Å². The third-order valence-corrected chi connectivity index (χ3v) is 9.45. The first-order valence-electron chi connectivity index (χ1n) is 16.9. The minimum absolute atomic E-state index is 0.0308. The number of phenols is 1. The molecule has 17 heteroatoms. The van der Waals surface area contributed by atoms with Gasteiger partial charge < -0.3 is 35.8 Å². The summed E-state index contributed by atoms with van der Waals surface area (Å²) in [5, 5.41) is 30.0. The van der Waals surface area contributed by atoms with Gasteiger partial charge in [0.1, 0.15) is 17.6 Å². The molecule has 1 saturated heterocycles. The number of carbonyl (C=O) groups excluding carboxylic acids is 2. The number of halogens is 3. The Bertz CT molecular complexity index is 1710. The normalized spacial score (nSPS) is 18.1. The number of piperazine rings is 1. The number of nitrogens with one attached hydrogen (secondary N) is 2. The van der Waals surface area contributed by atoms with Gasteiger partial charge in [-0.15, -0.1) is 0 Å². The summed E-state index contributed by atoms with van der Waals surface area (Å²) in [6.45, 7) is 12.1. The molecule has 2 unspecified atom stereocenters. The Balaban J connectivity index is 0.00000195. The lowest BCUT2D eigenvalue weighted by molar-refractivity contribution is -0.155. The Morgan fingerprint density at radius 1 is 1.23 bits per heavy atom. The second-order valence-electron chi connectivity index (χ2n) is 12.5. The number of aryl methyl sites for hydroxylation is 1. The van der Waals surface area contributed by atoms with Crippen molar-refractivity contribution in [2.45, 2.75) is 57.9 Å². The highest BCUT2D eigenvalue weighted by molar-refractivity contribution is 5.96. The lowest BCUT2D eigenvalue weighted by Crippen LogP contribution is -2.54. The van der Waals surface area contributed by atoms with E-state index in [-0.39, 0.29) is 67.5 Å². The van der Waals surface area contributed by atoms with E-state index in [9.17, 15) is 33.0 Å². The number of aromatic hydroxyl groups is 2. The van der Waals surface area contributed by atoms with Crippen LogP contribution in [0, 0.1) is 6.92 Å². The molecular weight excluding hydrogens is 683 g/mol. The summed E-state index contributed by atoms with van der Waals surface area (Å²) < 4.78 is 47.2. The van der Waals surface area contributed by atoms with Crippen LogP contribution in [0.25, 0.3) is 0 Å². The second-order valence-corrected chi connectivity index (χ2v) is 12.5. The monoisotopic (exact) mass is 731 g/mol. The number of hydrazine groups is 1. The summed E-state index contributed by atoms with van der Waals surface area (Å²) in [5.74, 6) is -3.05. The van der Waals surface area contributed by atoms with Gasteiger partial charge in [0.15, 0.2) is 11.4 Å². The fourth-order valence-corrected chi connectivity index (χ4v) is 6.41. The number of aliphatic imine (C=N–C) groups is 1. The van der Waals surface area contributed by atoms with Gasteiger partial charge in [0.25, 0.3) is 11.8 Å². The fraction of sp³-hybridized carbons (Fsp3) is 0.486. The molecule has 3 heterocycles. The van der Waals surface area contributed by atoms with Gasteiger partial charge in [-0.2, -0.15) is 18.3 Å². The van der Waals surface area contributed by atoms with Gasteiger partial charge in [-0.3, -0.25) is 24.3 Å². The lowest BCUT2D eigenvalue weighted by atomic mass is 9.76. The van der Waals surface area contributed by atoms with Gasteiger partial charge in [0, 0.05) is 51.5 Å². The summed E-state index contributed by atoms with van der Waals surface area (Å²) >= 11 is 0. The van der Waals surface area contributed by atoms with Gasteiger partial charge in [0.05, 0.1) is 31.4 Å². The Labute approximate surface area is 301 Å². The van der Waals surface area contributed by atoms with E-state index in [0.717, 1.165) is 11.6 Å². The van der Waals surface area contributed by atoms with E-state index in [4.69, 9.17) is 4.74 Å². The molecule has 2 atom stereocenters. The number of amides is 2. The number of fused-ring (bicyclic) bond motifs is 1. The number of carbonyl (C=O) groups is 2. The van der Waals surface area contributed by atoms with Crippen LogP contribution in [0.15, 0.2) is 52.9 Å². The lowest BCUT2D eigenvalue weighted by Gasteiger charge is -2.39. The first kappa shape index (κ1) is 39.8. The zero-order valence-corrected chi connectivity index (χ0v) is 30.0. The molecule has 52 heavy (non-hydrogen) atoms. The quantitative estimate of drug-likeness (QED) is 0.100. The Kier molecular flexibility index (Phi) is 13.0. The van der Waals surface area contributed by atoms with Crippen molar-refractivity contribution in [2.75, 3.05) is 46.4 Å². The zero-order valence-electron chi connectivity index (χ0n) is 30.0. The molecule has 5 rings (SSSR count). The summed E-state index contributed by atoms with van der Waals surface area (Å²) in [4.78, 5) is 35.6. The number of allylic oxidation sites excluding steroid dienone is 1. The van der Waals surface area contributed by atoms with Crippen molar-refractivity contribution in [1.29, 1.82) is 0 Å². The maximum atomic E-state index is 14.7. The number of phenolic OH excluding ortho intramolecular Hbond substituents is 1. The summed E-state index contributed by atoms with van der Waals surface area (Å²) in [7, 11) is 3.35. The molecule has 6 N–H and O–H groups in total. The molecule has 2 aliphatic heterocycles. The molecule has 0 spiro atoms. The minimum atomic E-state index is -4.42. The van der Waals surface area contributed by atoms with E-state index in [1.165, 1.54) is 22.0 Å². The van der Waals surface area contributed by atoms with E-state index >= 15 is 0 Å². The molecule has 0 saturated carbocycles. The standard InChI is InChI=1S/C33H43F3N8O5.C2H5N/c1-6-25(37-3)28(42-9-11-43(12-10-42)31(47)27-29(46)19(2)41(5)39-27)32(48)44(40-30(38-4)20-7-13-49-14-8-20)18-22-15-21-16-24(33(34,35)36)23(21)17-26(22)45;1-2-3/h7,15,17,24,30,37,40,45-46H,4,6,8-14,16,18H2,1-3,5H3;2H,1,3H2/b28-25+;. The van der Waals surface area contributed by atoms with Gasteiger partial charge in [-0.05, 0) is 67.9 Å². The third kappa shape index (κ3) is 8.53. The topological polar surface area (TPSA) is 174 Å². The van der Waals surface area contributed by atoms with E-state index in [1.54, 1.807) is 25.9 Å². The van der Waals surface area contributed by atoms with Gasteiger partial charge in [-0.1, -0.05) is 19.6 Å². The van der Waals surface area contributed by atoms with Crippen molar-refractivity contribution in [3.05, 3.63) is 76.0 Å². The molecule has 0 bridgehead atoms. The maximum absolute atomic E-state index is 14.7. The number of hydrogen-bond donors (Lipinski definition) is 5. The highest BCUT2D eigenvalue weighted by Gasteiger charge is 2.47. The first-order chi connectivity index (χ1) is 24.7. The van der Waals surface area contributed by atoms with Crippen LogP contribution in [0.4, 0.5) is 13.2 Å². The number of rotatable bonds is 11. The number of nitrogens with two attached hydrogens (primary N) is 1. The van der Waals surface area contributed by atoms with Crippen molar-refractivity contribution >= 4 is 18.5 Å². The Hall–Kier alpha value is -5.03. The zero-order chi connectivity index (χ0) is 38.3. The Morgan fingerprint density at radius 2 is 1.88 bits per heavy atom. The van der Waals surface area contributed by atoms with Crippen LogP contribution in [-0.2, 0) is 29.5 Å².